The maximum atomic E-state index is 13.5. The number of carbonyl (C=O) groups is 2. The molecule has 0 bridgehead atoms. The minimum Gasteiger partial charge on any atom is -0.466 e. The molecule has 0 radical (unpaired) electrons. The van der Waals surface area contributed by atoms with E-state index in [4.69, 9.17) is 32.9 Å². The van der Waals surface area contributed by atoms with Gasteiger partial charge in [0.05, 0.1) is 33.6 Å². The number of likely N-dealkylation sites (tertiary alicyclic amines) is 1. The summed E-state index contributed by atoms with van der Waals surface area (Å²) in [6.07, 6.45) is 1.56. The molecule has 9 heteroatoms. The Morgan fingerprint density at radius 2 is 1.79 bits per heavy atom. The fraction of sp³-hybridized carbons (Fsp3) is 0.400. The lowest BCUT2D eigenvalue weighted by Crippen LogP contribution is -2.43. The molecule has 1 saturated heterocycles. The van der Waals surface area contributed by atoms with Crippen molar-refractivity contribution in [2.24, 2.45) is 5.92 Å². The van der Waals surface area contributed by atoms with E-state index in [1.165, 1.54) is 12.1 Å². The number of benzene rings is 2. The Morgan fingerprint density at radius 3 is 2.44 bits per heavy atom. The van der Waals surface area contributed by atoms with Crippen molar-refractivity contribution in [2.45, 2.75) is 39.2 Å². The zero-order valence-electron chi connectivity index (χ0n) is 19.1. The lowest BCUT2D eigenvalue weighted by molar-refractivity contribution is -0.151. The minimum absolute atomic E-state index is 0.0620. The van der Waals surface area contributed by atoms with Gasteiger partial charge in [-0.15, -0.1) is 0 Å². The lowest BCUT2D eigenvalue weighted by Gasteiger charge is -2.33. The summed E-state index contributed by atoms with van der Waals surface area (Å²) in [6, 6.07) is 9.05. The van der Waals surface area contributed by atoms with Gasteiger partial charge in [0.1, 0.15) is 17.7 Å². The molecule has 180 valence electrons. The van der Waals surface area contributed by atoms with Crippen LogP contribution in [0, 0.1) is 11.7 Å². The number of fused-ring (bicyclic) bond motifs is 1. The predicted octanol–water partition coefficient (Wildman–Crippen LogP) is 5.44. The molecule has 1 aromatic heterocycles. The second-order valence-corrected chi connectivity index (χ2v) is 9.30. The summed E-state index contributed by atoms with van der Waals surface area (Å²) in [5.41, 5.74) is 2.20. The van der Waals surface area contributed by atoms with Gasteiger partial charge in [0.15, 0.2) is 0 Å². The van der Waals surface area contributed by atoms with E-state index in [-0.39, 0.29) is 23.6 Å². The van der Waals surface area contributed by atoms with Crippen LogP contribution in [-0.2, 0) is 20.7 Å². The van der Waals surface area contributed by atoms with Gasteiger partial charge in [-0.2, -0.15) is 0 Å². The Kier molecular flexibility index (Phi) is 7.43. The Bertz CT molecular complexity index is 1200. The smallest absolute Gasteiger partial charge is 0.309 e. The van der Waals surface area contributed by atoms with Gasteiger partial charge in [-0.3, -0.25) is 9.59 Å². The Hall–Kier alpha value is -2.64. The molecule has 0 aliphatic carbocycles. The topological polar surface area (TPSA) is 64.4 Å². The molecule has 34 heavy (non-hydrogen) atoms. The molecule has 0 saturated carbocycles. The second kappa shape index (κ2) is 10.3. The van der Waals surface area contributed by atoms with Crippen molar-refractivity contribution in [1.82, 2.24) is 14.5 Å². The second-order valence-electron chi connectivity index (χ2n) is 8.48. The summed E-state index contributed by atoms with van der Waals surface area (Å²) >= 11 is 12.5. The van der Waals surface area contributed by atoms with Gasteiger partial charge in [0, 0.05) is 19.5 Å². The molecule has 1 atom stereocenters. The van der Waals surface area contributed by atoms with Crippen LogP contribution in [0.2, 0.25) is 10.0 Å². The summed E-state index contributed by atoms with van der Waals surface area (Å²) in [4.78, 5) is 32.1. The number of aromatic nitrogens is 2. The van der Waals surface area contributed by atoms with E-state index in [0.29, 0.717) is 65.9 Å². The van der Waals surface area contributed by atoms with E-state index in [1.807, 2.05) is 11.5 Å². The van der Waals surface area contributed by atoms with Crippen LogP contribution in [0.5, 0.6) is 0 Å². The van der Waals surface area contributed by atoms with Crippen LogP contribution in [-0.4, -0.2) is 46.0 Å². The number of rotatable bonds is 6. The Morgan fingerprint density at radius 1 is 1.15 bits per heavy atom. The molecule has 6 nitrogen and oxygen atoms in total. The van der Waals surface area contributed by atoms with Crippen molar-refractivity contribution in [2.75, 3.05) is 19.7 Å². The monoisotopic (exact) mass is 505 g/mol. The van der Waals surface area contributed by atoms with Crippen molar-refractivity contribution in [1.29, 1.82) is 0 Å². The maximum absolute atomic E-state index is 13.5. The summed E-state index contributed by atoms with van der Waals surface area (Å²) in [5.74, 6) is -0.0967. The first-order valence-corrected chi connectivity index (χ1v) is 12.1. The van der Waals surface area contributed by atoms with Gasteiger partial charge < -0.3 is 14.2 Å². The van der Waals surface area contributed by atoms with Crippen molar-refractivity contribution in [3.63, 3.8) is 0 Å². The van der Waals surface area contributed by atoms with Crippen LogP contribution in [0.3, 0.4) is 0 Å². The third kappa shape index (κ3) is 5.05. The molecule has 0 spiro atoms. The quantitative estimate of drug-likeness (QED) is 0.418. The standard InChI is InChI=1S/C25H26Cl2FN3O3/c1-3-34-25(33)17-8-10-30(11-9-17)24(32)15(2)31-22-14-20(27)19(26)13-21(22)29-23(31)12-16-4-6-18(28)7-5-16/h4-7,13-15,17H,3,8-12H2,1-2H3/t15-/m0/s1. The molecular weight excluding hydrogens is 480 g/mol. The van der Waals surface area contributed by atoms with Crippen LogP contribution in [0.25, 0.3) is 11.0 Å². The predicted molar refractivity (Wildman–Crippen MR) is 130 cm³/mol. The maximum Gasteiger partial charge on any atom is 0.309 e. The third-order valence-electron chi connectivity index (χ3n) is 6.25. The minimum atomic E-state index is -0.558. The molecule has 4 rings (SSSR count). The van der Waals surface area contributed by atoms with Crippen LogP contribution >= 0.6 is 23.2 Å². The SMILES string of the molecule is CCOC(=O)C1CCN(C(=O)[C@H](C)n2c(Cc3ccc(F)cc3)nc3cc(Cl)c(Cl)cc32)CC1. The first-order chi connectivity index (χ1) is 16.3. The number of amides is 1. The fourth-order valence-electron chi connectivity index (χ4n) is 4.45. The van der Waals surface area contributed by atoms with E-state index in [1.54, 1.807) is 36.1 Å². The number of halogens is 3. The lowest BCUT2D eigenvalue weighted by atomic mass is 9.96. The van der Waals surface area contributed by atoms with Gasteiger partial charge in [0.25, 0.3) is 0 Å². The van der Waals surface area contributed by atoms with Crippen molar-refractivity contribution < 1.29 is 18.7 Å². The largest absolute Gasteiger partial charge is 0.466 e. The highest BCUT2D eigenvalue weighted by molar-refractivity contribution is 6.42. The number of ether oxygens (including phenoxy) is 1. The summed E-state index contributed by atoms with van der Waals surface area (Å²) < 4.78 is 20.4. The van der Waals surface area contributed by atoms with E-state index >= 15 is 0 Å². The molecule has 1 aliphatic rings. The average Bonchev–Trinajstić information content (AvgIpc) is 3.16. The van der Waals surface area contributed by atoms with Gasteiger partial charge >= 0.3 is 5.97 Å². The molecular formula is C25H26Cl2FN3O3. The van der Waals surface area contributed by atoms with Gasteiger partial charge in [-0.25, -0.2) is 9.37 Å². The highest BCUT2D eigenvalue weighted by atomic mass is 35.5. The van der Waals surface area contributed by atoms with Gasteiger partial charge in [-0.1, -0.05) is 35.3 Å². The number of imidazole rings is 1. The average molecular weight is 506 g/mol. The third-order valence-corrected chi connectivity index (χ3v) is 6.97. The number of piperidine rings is 1. The number of hydrogen-bond acceptors (Lipinski definition) is 4. The van der Waals surface area contributed by atoms with Gasteiger partial charge in [-0.05, 0) is 56.5 Å². The normalized spacial score (nSPS) is 15.5. The zero-order valence-corrected chi connectivity index (χ0v) is 20.6. The molecule has 2 aromatic carbocycles. The van der Waals surface area contributed by atoms with Gasteiger partial charge in [0.2, 0.25) is 5.91 Å². The summed E-state index contributed by atoms with van der Waals surface area (Å²) in [7, 11) is 0. The number of nitrogens with zero attached hydrogens (tertiary/aromatic N) is 3. The molecule has 1 amide bonds. The fourth-order valence-corrected chi connectivity index (χ4v) is 4.77. The highest BCUT2D eigenvalue weighted by Gasteiger charge is 2.32. The number of hydrogen-bond donors (Lipinski definition) is 0. The van der Waals surface area contributed by atoms with Crippen LogP contribution < -0.4 is 0 Å². The first kappa shape index (κ1) is 24.5. The molecule has 0 N–H and O–H groups in total. The molecule has 3 aromatic rings. The van der Waals surface area contributed by atoms with E-state index in [2.05, 4.69) is 0 Å². The molecule has 2 heterocycles. The summed E-state index contributed by atoms with van der Waals surface area (Å²) in [5, 5.41) is 0.755. The zero-order chi connectivity index (χ0) is 24.4. The summed E-state index contributed by atoms with van der Waals surface area (Å²) in [6.45, 7) is 4.94. The van der Waals surface area contributed by atoms with Crippen LogP contribution in [0.1, 0.15) is 44.1 Å². The number of carbonyl (C=O) groups excluding carboxylic acids is 2. The van der Waals surface area contributed by atoms with Crippen LogP contribution in [0.4, 0.5) is 4.39 Å². The van der Waals surface area contributed by atoms with Crippen molar-refractivity contribution in [3.8, 4) is 0 Å². The molecule has 1 fully saturated rings. The van der Waals surface area contributed by atoms with Crippen molar-refractivity contribution in [3.05, 3.63) is 63.6 Å². The van der Waals surface area contributed by atoms with E-state index < -0.39 is 6.04 Å². The Labute approximate surface area is 207 Å². The van der Waals surface area contributed by atoms with E-state index in [9.17, 15) is 14.0 Å². The number of esters is 1. The molecule has 0 unspecified atom stereocenters. The first-order valence-electron chi connectivity index (χ1n) is 11.3. The molecule has 1 aliphatic heterocycles. The van der Waals surface area contributed by atoms with Crippen molar-refractivity contribution >= 4 is 46.1 Å². The van der Waals surface area contributed by atoms with E-state index in [0.717, 1.165) is 5.56 Å². The highest BCUT2D eigenvalue weighted by Crippen LogP contribution is 2.32. The van der Waals surface area contributed by atoms with Crippen LogP contribution in [0.15, 0.2) is 36.4 Å². The Balaban J connectivity index is 1.62.